The van der Waals surface area contributed by atoms with E-state index in [2.05, 4.69) is 9.97 Å². The van der Waals surface area contributed by atoms with Crippen molar-refractivity contribution in [1.29, 1.82) is 0 Å². The fourth-order valence-corrected chi connectivity index (χ4v) is 2.42. The van der Waals surface area contributed by atoms with E-state index in [0.29, 0.717) is 0 Å². The van der Waals surface area contributed by atoms with Gasteiger partial charge < -0.3 is 5.11 Å². The largest absolute Gasteiger partial charge is 0.388 e. The van der Waals surface area contributed by atoms with Crippen molar-refractivity contribution in [3.63, 3.8) is 0 Å². The summed E-state index contributed by atoms with van der Waals surface area (Å²) < 4.78 is 0. The standard InChI is InChI=1S/C15H16N2O/c18-14-9-5-4-8-13-12(14)10-16-15(17-13)11-6-2-1-3-7-11/h1-3,6-7,10,14,18H,4-5,8-9H2/t14-/m0/s1. The molecular weight excluding hydrogens is 224 g/mol. The van der Waals surface area contributed by atoms with Gasteiger partial charge in [0.15, 0.2) is 5.82 Å². The minimum atomic E-state index is -0.396. The smallest absolute Gasteiger partial charge is 0.159 e. The molecular formula is C15H16N2O. The van der Waals surface area contributed by atoms with Crippen molar-refractivity contribution in [2.24, 2.45) is 0 Å². The highest BCUT2D eigenvalue weighted by Gasteiger charge is 2.18. The topological polar surface area (TPSA) is 46.0 Å². The van der Waals surface area contributed by atoms with Crippen molar-refractivity contribution in [2.75, 3.05) is 0 Å². The summed E-state index contributed by atoms with van der Waals surface area (Å²) in [6.07, 6.45) is 5.30. The first-order valence-corrected chi connectivity index (χ1v) is 6.44. The lowest BCUT2D eigenvalue weighted by atomic mass is 10.1. The number of hydrogen-bond acceptors (Lipinski definition) is 3. The zero-order chi connectivity index (χ0) is 12.4. The summed E-state index contributed by atoms with van der Waals surface area (Å²) in [6.45, 7) is 0. The van der Waals surface area contributed by atoms with Crippen molar-refractivity contribution >= 4 is 0 Å². The van der Waals surface area contributed by atoms with E-state index in [1.54, 1.807) is 6.20 Å². The Morgan fingerprint density at radius 3 is 2.78 bits per heavy atom. The van der Waals surface area contributed by atoms with Gasteiger partial charge >= 0.3 is 0 Å². The van der Waals surface area contributed by atoms with E-state index >= 15 is 0 Å². The van der Waals surface area contributed by atoms with Crippen LogP contribution in [0.5, 0.6) is 0 Å². The third-order valence-electron chi connectivity index (χ3n) is 3.43. The second kappa shape index (κ2) is 4.86. The molecule has 0 amide bonds. The molecule has 0 fully saturated rings. The van der Waals surface area contributed by atoms with Crippen LogP contribution < -0.4 is 0 Å². The predicted octanol–water partition coefficient (Wildman–Crippen LogP) is 2.90. The van der Waals surface area contributed by atoms with Crippen molar-refractivity contribution in [3.8, 4) is 11.4 Å². The third kappa shape index (κ3) is 2.14. The molecule has 1 N–H and O–H groups in total. The number of rotatable bonds is 1. The number of fused-ring (bicyclic) bond motifs is 1. The minimum absolute atomic E-state index is 0.396. The molecule has 0 saturated heterocycles. The van der Waals surface area contributed by atoms with Crippen LogP contribution in [0.1, 0.15) is 36.6 Å². The van der Waals surface area contributed by atoms with Crippen molar-refractivity contribution in [2.45, 2.75) is 31.8 Å². The second-order valence-electron chi connectivity index (χ2n) is 4.72. The van der Waals surface area contributed by atoms with Gasteiger partial charge in [-0.1, -0.05) is 36.8 Å². The van der Waals surface area contributed by atoms with E-state index in [1.165, 1.54) is 0 Å². The number of aliphatic hydroxyl groups excluding tert-OH is 1. The number of aryl methyl sites for hydroxylation is 1. The maximum Gasteiger partial charge on any atom is 0.159 e. The van der Waals surface area contributed by atoms with Crippen LogP contribution in [0.25, 0.3) is 11.4 Å². The zero-order valence-corrected chi connectivity index (χ0v) is 10.2. The first kappa shape index (κ1) is 11.4. The average molecular weight is 240 g/mol. The van der Waals surface area contributed by atoms with Gasteiger partial charge in [0, 0.05) is 17.3 Å². The predicted molar refractivity (Wildman–Crippen MR) is 70.0 cm³/mol. The van der Waals surface area contributed by atoms with E-state index in [-0.39, 0.29) is 0 Å². The quantitative estimate of drug-likeness (QED) is 0.779. The minimum Gasteiger partial charge on any atom is -0.388 e. The molecule has 0 spiro atoms. The molecule has 1 aliphatic rings. The lowest BCUT2D eigenvalue weighted by Gasteiger charge is -2.11. The number of nitrogens with zero attached hydrogens (tertiary/aromatic N) is 2. The van der Waals surface area contributed by atoms with Gasteiger partial charge in [0.1, 0.15) is 0 Å². The van der Waals surface area contributed by atoms with E-state index in [1.807, 2.05) is 30.3 Å². The molecule has 0 bridgehead atoms. The van der Waals surface area contributed by atoms with Gasteiger partial charge in [-0.15, -0.1) is 0 Å². The molecule has 1 atom stereocenters. The van der Waals surface area contributed by atoms with Gasteiger partial charge in [-0.3, -0.25) is 0 Å². The molecule has 18 heavy (non-hydrogen) atoms. The van der Waals surface area contributed by atoms with Crippen LogP contribution in [0.2, 0.25) is 0 Å². The fourth-order valence-electron chi connectivity index (χ4n) is 2.42. The molecule has 0 saturated carbocycles. The highest BCUT2D eigenvalue weighted by Crippen LogP contribution is 2.28. The van der Waals surface area contributed by atoms with Gasteiger partial charge in [-0.25, -0.2) is 9.97 Å². The highest BCUT2D eigenvalue weighted by atomic mass is 16.3. The summed E-state index contributed by atoms with van der Waals surface area (Å²) in [5.74, 6) is 0.753. The van der Waals surface area contributed by atoms with Crippen LogP contribution in [0.15, 0.2) is 36.5 Å². The molecule has 2 aromatic rings. The molecule has 1 aliphatic carbocycles. The zero-order valence-electron chi connectivity index (χ0n) is 10.2. The molecule has 1 aromatic heterocycles. The van der Waals surface area contributed by atoms with Crippen molar-refractivity contribution < 1.29 is 5.11 Å². The van der Waals surface area contributed by atoms with E-state index in [9.17, 15) is 5.11 Å². The Kier molecular flexibility index (Phi) is 3.07. The Hall–Kier alpha value is -1.74. The number of hydrogen-bond donors (Lipinski definition) is 1. The number of aromatic nitrogens is 2. The van der Waals surface area contributed by atoms with E-state index < -0.39 is 6.10 Å². The molecule has 92 valence electrons. The molecule has 0 aliphatic heterocycles. The van der Waals surface area contributed by atoms with Gasteiger partial charge in [0.2, 0.25) is 0 Å². The van der Waals surface area contributed by atoms with Crippen LogP contribution in [-0.2, 0) is 6.42 Å². The van der Waals surface area contributed by atoms with Crippen LogP contribution in [0.4, 0.5) is 0 Å². The maximum atomic E-state index is 10.0. The Morgan fingerprint density at radius 1 is 1.11 bits per heavy atom. The first-order valence-electron chi connectivity index (χ1n) is 6.44. The average Bonchev–Trinajstić information content (AvgIpc) is 2.61. The monoisotopic (exact) mass is 240 g/mol. The number of benzene rings is 1. The molecule has 0 unspecified atom stereocenters. The third-order valence-corrected chi connectivity index (χ3v) is 3.43. The molecule has 1 aromatic carbocycles. The summed E-state index contributed by atoms with van der Waals surface area (Å²) >= 11 is 0. The lowest BCUT2D eigenvalue weighted by molar-refractivity contribution is 0.166. The second-order valence-corrected chi connectivity index (χ2v) is 4.72. The summed E-state index contributed by atoms with van der Waals surface area (Å²) in [5, 5.41) is 10.0. The Morgan fingerprint density at radius 2 is 1.94 bits per heavy atom. The molecule has 3 heteroatoms. The van der Waals surface area contributed by atoms with Gasteiger partial charge in [-0.05, 0) is 19.3 Å². The van der Waals surface area contributed by atoms with Crippen LogP contribution >= 0.6 is 0 Å². The highest BCUT2D eigenvalue weighted by molar-refractivity contribution is 5.54. The summed E-state index contributed by atoms with van der Waals surface area (Å²) in [7, 11) is 0. The van der Waals surface area contributed by atoms with Gasteiger partial charge in [-0.2, -0.15) is 0 Å². The maximum absolute atomic E-state index is 10.0. The van der Waals surface area contributed by atoms with E-state index in [4.69, 9.17) is 0 Å². The molecule has 0 radical (unpaired) electrons. The van der Waals surface area contributed by atoms with Crippen molar-refractivity contribution in [1.82, 2.24) is 9.97 Å². The molecule has 3 rings (SSSR count). The first-order chi connectivity index (χ1) is 8.84. The Bertz CT molecular complexity index is 539. The van der Waals surface area contributed by atoms with Crippen LogP contribution in [0.3, 0.4) is 0 Å². The van der Waals surface area contributed by atoms with Gasteiger partial charge in [0.25, 0.3) is 0 Å². The lowest BCUT2D eigenvalue weighted by Crippen LogP contribution is -2.04. The Labute approximate surface area is 107 Å². The van der Waals surface area contributed by atoms with Crippen LogP contribution in [-0.4, -0.2) is 15.1 Å². The van der Waals surface area contributed by atoms with Crippen molar-refractivity contribution in [3.05, 3.63) is 47.8 Å². The molecule has 3 nitrogen and oxygen atoms in total. The van der Waals surface area contributed by atoms with Crippen LogP contribution in [0, 0.1) is 0 Å². The summed E-state index contributed by atoms with van der Waals surface area (Å²) in [6, 6.07) is 9.97. The van der Waals surface area contributed by atoms with Gasteiger partial charge in [0.05, 0.1) is 11.8 Å². The van der Waals surface area contributed by atoms with E-state index in [0.717, 1.165) is 48.3 Å². The molecule has 1 heterocycles. The SMILES string of the molecule is O[C@H]1CCCCc2nc(-c3ccccc3)ncc21. The normalized spacial score (nSPS) is 19.1. The Balaban J connectivity index is 2.03. The fraction of sp³-hybridized carbons (Fsp3) is 0.333. The summed E-state index contributed by atoms with van der Waals surface area (Å²) in [4.78, 5) is 9.01. The summed E-state index contributed by atoms with van der Waals surface area (Å²) in [5.41, 5.74) is 2.94. The number of aliphatic hydroxyl groups is 1.